The molecule has 1 amide bonds. The van der Waals surface area contributed by atoms with Crippen LogP contribution in [0.4, 0.5) is 10.8 Å². The van der Waals surface area contributed by atoms with Gasteiger partial charge in [-0.3, -0.25) is 4.79 Å². The van der Waals surface area contributed by atoms with Gasteiger partial charge in [0.25, 0.3) is 0 Å². The highest BCUT2D eigenvalue weighted by atomic mass is 32.2. The largest absolute Gasteiger partial charge is 0.342 e. The third-order valence-corrected chi connectivity index (χ3v) is 5.97. The number of carbonyl (C=O) groups excluding carboxylic acids is 1. The average Bonchev–Trinajstić information content (AvgIpc) is 3.25. The maximum Gasteiger partial charge on any atom is 0.233 e. The molecule has 0 spiro atoms. The van der Waals surface area contributed by atoms with E-state index in [0.29, 0.717) is 11.7 Å². The Balaban J connectivity index is 1.52. The summed E-state index contributed by atoms with van der Waals surface area (Å²) >= 11 is 2.95. The minimum Gasteiger partial charge on any atom is -0.342 e. The van der Waals surface area contributed by atoms with E-state index in [2.05, 4.69) is 53.6 Å². The minimum atomic E-state index is 0.200. The molecule has 128 valence electrons. The number of hydrogen-bond acceptors (Lipinski definition) is 6. The number of anilines is 2. The fourth-order valence-electron chi connectivity index (χ4n) is 2.57. The molecule has 1 aromatic carbocycles. The van der Waals surface area contributed by atoms with Crippen LogP contribution in [-0.2, 0) is 4.79 Å². The molecule has 1 N–H and O–H groups in total. The second-order valence-electron chi connectivity index (χ2n) is 6.15. The van der Waals surface area contributed by atoms with Gasteiger partial charge in [0.2, 0.25) is 11.0 Å². The number of nitrogens with one attached hydrogen (secondary N) is 1. The van der Waals surface area contributed by atoms with E-state index < -0.39 is 0 Å². The smallest absolute Gasteiger partial charge is 0.233 e. The number of amides is 1. The highest BCUT2D eigenvalue weighted by molar-refractivity contribution is 8.01. The normalized spacial score (nSPS) is 14.4. The van der Waals surface area contributed by atoms with Crippen molar-refractivity contribution < 1.29 is 4.79 Å². The van der Waals surface area contributed by atoms with Crippen molar-refractivity contribution in [1.29, 1.82) is 0 Å². The standard InChI is InChI=1S/C17H22N4OS2/c1-12(2)13-5-7-14(8-6-13)18-16-19-20-17(24-16)23-11-15(22)21-9-3-4-10-21/h5-8,12H,3-4,9-11H2,1-2H3,(H,18,19). The molecule has 7 heteroatoms. The summed E-state index contributed by atoms with van der Waals surface area (Å²) in [7, 11) is 0. The molecule has 2 aromatic rings. The van der Waals surface area contributed by atoms with Gasteiger partial charge in [0.05, 0.1) is 5.75 Å². The predicted octanol–water partition coefficient (Wildman–Crippen LogP) is 4.12. The van der Waals surface area contributed by atoms with Crippen LogP contribution in [0.2, 0.25) is 0 Å². The number of thioether (sulfide) groups is 1. The summed E-state index contributed by atoms with van der Waals surface area (Å²) in [5, 5.41) is 12.3. The Hall–Kier alpha value is -1.60. The Labute approximate surface area is 150 Å². The second kappa shape index (κ2) is 7.98. The molecule has 2 heterocycles. The van der Waals surface area contributed by atoms with Crippen LogP contribution in [0.15, 0.2) is 28.6 Å². The Kier molecular flexibility index (Phi) is 5.73. The van der Waals surface area contributed by atoms with Crippen molar-refractivity contribution in [3.8, 4) is 0 Å². The number of carbonyl (C=O) groups is 1. The fourth-order valence-corrected chi connectivity index (χ4v) is 4.25. The number of nitrogens with zero attached hydrogens (tertiary/aromatic N) is 3. The molecule has 0 radical (unpaired) electrons. The van der Waals surface area contributed by atoms with Crippen LogP contribution in [0.25, 0.3) is 0 Å². The van der Waals surface area contributed by atoms with Crippen molar-refractivity contribution in [2.24, 2.45) is 0 Å². The molecular formula is C17H22N4OS2. The molecule has 0 unspecified atom stereocenters. The summed E-state index contributed by atoms with van der Waals surface area (Å²) in [5.41, 5.74) is 2.31. The van der Waals surface area contributed by atoms with E-state index in [1.807, 2.05) is 4.90 Å². The Morgan fingerprint density at radius 3 is 2.62 bits per heavy atom. The summed E-state index contributed by atoms with van der Waals surface area (Å²) in [5.74, 6) is 1.17. The Morgan fingerprint density at radius 2 is 1.96 bits per heavy atom. The summed E-state index contributed by atoms with van der Waals surface area (Å²) in [6, 6.07) is 8.36. The summed E-state index contributed by atoms with van der Waals surface area (Å²) in [4.78, 5) is 14.0. The first-order valence-corrected chi connectivity index (χ1v) is 10.0. The lowest BCUT2D eigenvalue weighted by atomic mass is 10.0. The van der Waals surface area contributed by atoms with Gasteiger partial charge in [0.1, 0.15) is 0 Å². The molecule has 1 aliphatic heterocycles. The van der Waals surface area contributed by atoms with Gasteiger partial charge in [-0.1, -0.05) is 49.1 Å². The number of aromatic nitrogens is 2. The van der Waals surface area contributed by atoms with Gasteiger partial charge in [-0.15, -0.1) is 10.2 Å². The summed E-state index contributed by atoms with van der Waals surface area (Å²) in [6.07, 6.45) is 2.25. The van der Waals surface area contributed by atoms with Crippen LogP contribution in [0.1, 0.15) is 38.2 Å². The first-order chi connectivity index (χ1) is 11.6. The molecule has 1 aliphatic rings. The van der Waals surface area contributed by atoms with Crippen LogP contribution in [-0.4, -0.2) is 39.8 Å². The molecule has 0 saturated carbocycles. The van der Waals surface area contributed by atoms with Crippen LogP contribution < -0.4 is 5.32 Å². The van der Waals surface area contributed by atoms with Crippen molar-refractivity contribution in [3.05, 3.63) is 29.8 Å². The van der Waals surface area contributed by atoms with Gasteiger partial charge in [-0.25, -0.2) is 0 Å². The maximum atomic E-state index is 12.0. The third kappa shape index (κ3) is 4.48. The molecule has 1 aromatic heterocycles. The van der Waals surface area contributed by atoms with E-state index in [1.165, 1.54) is 28.7 Å². The molecule has 1 fully saturated rings. The monoisotopic (exact) mass is 362 g/mol. The van der Waals surface area contributed by atoms with E-state index in [4.69, 9.17) is 0 Å². The highest BCUT2D eigenvalue weighted by Gasteiger charge is 2.18. The average molecular weight is 363 g/mol. The first-order valence-electron chi connectivity index (χ1n) is 8.23. The molecule has 3 rings (SSSR count). The van der Waals surface area contributed by atoms with Gasteiger partial charge in [-0.05, 0) is 36.5 Å². The van der Waals surface area contributed by atoms with Gasteiger partial charge in [0.15, 0.2) is 4.34 Å². The lowest BCUT2D eigenvalue weighted by Crippen LogP contribution is -2.29. The lowest BCUT2D eigenvalue weighted by molar-refractivity contribution is -0.127. The van der Waals surface area contributed by atoms with E-state index in [9.17, 15) is 4.79 Å². The second-order valence-corrected chi connectivity index (χ2v) is 8.35. The van der Waals surface area contributed by atoms with E-state index in [1.54, 1.807) is 0 Å². The van der Waals surface area contributed by atoms with E-state index >= 15 is 0 Å². The van der Waals surface area contributed by atoms with Crippen molar-refractivity contribution in [2.45, 2.75) is 36.9 Å². The van der Waals surface area contributed by atoms with Gasteiger partial charge < -0.3 is 10.2 Å². The summed E-state index contributed by atoms with van der Waals surface area (Å²) in [6.45, 7) is 6.16. The zero-order valence-electron chi connectivity index (χ0n) is 14.0. The van der Waals surface area contributed by atoms with Gasteiger partial charge >= 0.3 is 0 Å². The van der Waals surface area contributed by atoms with Crippen molar-refractivity contribution in [3.63, 3.8) is 0 Å². The minimum absolute atomic E-state index is 0.200. The molecule has 5 nitrogen and oxygen atoms in total. The van der Waals surface area contributed by atoms with Crippen LogP contribution >= 0.6 is 23.1 Å². The van der Waals surface area contributed by atoms with E-state index in [0.717, 1.165) is 41.1 Å². The van der Waals surface area contributed by atoms with Crippen LogP contribution in [0.3, 0.4) is 0 Å². The van der Waals surface area contributed by atoms with Crippen molar-refractivity contribution >= 4 is 39.8 Å². The quantitative estimate of drug-likeness (QED) is 0.783. The van der Waals surface area contributed by atoms with Crippen molar-refractivity contribution in [2.75, 3.05) is 24.2 Å². The number of hydrogen-bond donors (Lipinski definition) is 1. The molecule has 24 heavy (non-hydrogen) atoms. The SMILES string of the molecule is CC(C)c1ccc(Nc2nnc(SCC(=O)N3CCCC3)s2)cc1. The zero-order valence-corrected chi connectivity index (χ0v) is 15.6. The first kappa shape index (κ1) is 17.2. The number of rotatable bonds is 6. The third-order valence-electron chi connectivity index (χ3n) is 4.01. The maximum absolute atomic E-state index is 12.0. The molecule has 1 saturated heterocycles. The number of benzene rings is 1. The Bertz CT molecular complexity index is 678. The topological polar surface area (TPSA) is 58.1 Å². The van der Waals surface area contributed by atoms with Crippen molar-refractivity contribution in [1.82, 2.24) is 15.1 Å². The Morgan fingerprint density at radius 1 is 1.25 bits per heavy atom. The molecular weight excluding hydrogens is 340 g/mol. The summed E-state index contributed by atoms with van der Waals surface area (Å²) < 4.78 is 0.823. The van der Waals surface area contributed by atoms with E-state index in [-0.39, 0.29) is 5.91 Å². The van der Waals surface area contributed by atoms with Gasteiger partial charge in [-0.2, -0.15) is 0 Å². The lowest BCUT2D eigenvalue weighted by Gasteiger charge is -2.13. The fraction of sp³-hybridized carbons (Fsp3) is 0.471. The molecule has 0 bridgehead atoms. The molecule has 0 aliphatic carbocycles. The zero-order chi connectivity index (χ0) is 16.9. The predicted molar refractivity (Wildman–Crippen MR) is 100 cm³/mol. The van der Waals surface area contributed by atoms with Crippen LogP contribution in [0, 0.1) is 0 Å². The van der Waals surface area contributed by atoms with Gasteiger partial charge in [0, 0.05) is 18.8 Å². The number of likely N-dealkylation sites (tertiary alicyclic amines) is 1. The molecule has 0 atom stereocenters. The van der Waals surface area contributed by atoms with Crippen LogP contribution in [0.5, 0.6) is 0 Å². The highest BCUT2D eigenvalue weighted by Crippen LogP contribution is 2.28.